The maximum absolute atomic E-state index is 12.0. The van der Waals surface area contributed by atoms with Gasteiger partial charge >= 0.3 is 5.97 Å². The van der Waals surface area contributed by atoms with Crippen LogP contribution in [-0.4, -0.2) is 22.0 Å². The third kappa shape index (κ3) is 6.89. The van der Waals surface area contributed by atoms with Crippen molar-refractivity contribution in [2.75, 3.05) is 0 Å². The number of hydrogen-bond donors (Lipinski definition) is 0. The summed E-state index contributed by atoms with van der Waals surface area (Å²) in [6.45, 7) is 6.33. The Balaban J connectivity index is 2.46. The lowest BCUT2D eigenvalue weighted by molar-refractivity contribution is 0.0144. The summed E-state index contributed by atoms with van der Waals surface area (Å²) in [6, 6.07) is 0. The zero-order chi connectivity index (χ0) is 15.7. The van der Waals surface area contributed by atoms with Gasteiger partial charge in [-0.1, -0.05) is 58.1 Å². The molecule has 118 valence electrons. The standard InChI is InChI=1S/C16H25ClN2O2/c1-4-5-6-7-8-9-14(12(2)3)21-16(20)13-10-19-15(17)11-18-13/h10-12,14H,4-9H2,1-3H3/t14-/m1/s1. The summed E-state index contributed by atoms with van der Waals surface area (Å²) in [5.41, 5.74) is 0.205. The first-order chi connectivity index (χ1) is 10.0. The summed E-state index contributed by atoms with van der Waals surface area (Å²) >= 11 is 5.66. The normalized spacial score (nSPS) is 12.4. The first-order valence-corrected chi connectivity index (χ1v) is 8.11. The van der Waals surface area contributed by atoms with E-state index in [2.05, 4.69) is 30.7 Å². The predicted molar refractivity (Wildman–Crippen MR) is 84.5 cm³/mol. The summed E-state index contributed by atoms with van der Waals surface area (Å²) in [4.78, 5) is 19.8. The molecule has 0 aliphatic carbocycles. The Morgan fingerprint density at radius 1 is 1.19 bits per heavy atom. The molecule has 0 amide bonds. The molecule has 1 aromatic rings. The van der Waals surface area contributed by atoms with E-state index in [1.165, 1.54) is 38.1 Å². The molecular weight excluding hydrogens is 288 g/mol. The molecule has 4 nitrogen and oxygen atoms in total. The van der Waals surface area contributed by atoms with E-state index in [1.54, 1.807) is 0 Å². The van der Waals surface area contributed by atoms with Gasteiger partial charge in [-0.3, -0.25) is 0 Å². The summed E-state index contributed by atoms with van der Waals surface area (Å²) in [5, 5.41) is 0.267. The lowest BCUT2D eigenvalue weighted by atomic mass is 10.00. The van der Waals surface area contributed by atoms with Crippen molar-refractivity contribution in [3.8, 4) is 0 Å². The van der Waals surface area contributed by atoms with Crippen molar-refractivity contribution in [3.63, 3.8) is 0 Å². The van der Waals surface area contributed by atoms with Crippen molar-refractivity contribution in [1.29, 1.82) is 0 Å². The smallest absolute Gasteiger partial charge is 0.358 e. The second-order valence-corrected chi connectivity index (χ2v) is 6.00. The lowest BCUT2D eigenvalue weighted by Crippen LogP contribution is -2.24. The predicted octanol–water partition coefficient (Wildman–Crippen LogP) is 4.67. The number of aromatic nitrogens is 2. The van der Waals surface area contributed by atoms with Gasteiger partial charge in [0.1, 0.15) is 11.3 Å². The van der Waals surface area contributed by atoms with E-state index in [9.17, 15) is 4.79 Å². The number of carbonyl (C=O) groups is 1. The molecule has 0 aliphatic rings. The van der Waals surface area contributed by atoms with Crippen LogP contribution in [0.15, 0.2) is 12.4 Å². The molecule has 0 saturated heterocycles. The monoisotopic (exact) mass is 312 g/mol. The van der Waals surface area contributed by atoms with Crippen molar-refractivity contribution in [2.45, 2.75) is 65.4 Å². The lowest BCUT2D eigenvalue weighted by Gasteiger charge is -2.21. The summed E-state index contributed by atoms with van der Waals surface area (Å²) < 4.78 is 5.56. The fourth-order valence-electron chi connectivity index (χ4n) is 2.09. The zero-order valence-corrected chi connectivity index (χ0v) is 13.9. The van der Waals surface area contributed by atoms with E-state index in [1.807, 2.05) is 0 Å². The van der Waals surface area contributed by atoms with Crippen LogP contribution < -0.4 is 0 Å². The Morgan fingerprint density at radius 2 is 1.90 bits per heavy atom. The van der Waals surface area contributed by atoms with Crippen LogP contribution >= 0.6 is 11.6 Å². The van der Waals surface area contributed by atoms with Gasteiger partial charge in [-0.05, 0) is 18.8 Å². The molecule has 0 unspecified atom stereocenters. The first kappa shape index (κ1) is 17.9. The molecule has 5 heteroatoms. The number of ether oxygens (including phenoxy) is 1. The maximum Gasteiger partial charge on any atom is 0.358 e. The number of hydrogen-bond acceptors (Lipinski definition) is 4. The Morgan fingerprint density at radius 3 is 2.48 bits per heavy atom. The second-order valence-electron chi connectivity index (χ2n) is 5.62. The van der Waals surface area contributed by atoms with Crippen LogP contribution in [0.1, 0.15) is 69.8 Å². The highest BCUT2D eigenvalue weighted by Gasteiger charge is 2.20. The largest absolute Gasteiger partial charge is 0.457 e. The number of esters is 1. The number of rotatable bonds is 9. The van der Waals surface area contributed by atoms with Crippen LogP contribution in [0.5, 0.6) is 0 Å². The van der Waals surface area contributed by atoms with Crippen molar-refractivity contribution < 1.29 is 9.53 Å². The van der Waals surface area contributed by atoms with E-state index in [0.29, 0.717) is 5.92 Å². The zero-order valence-electron chi connectivity index (χ0n) is 13.1. The Kier molecular flexibility index (Phi) is 8.28. The molecule has 21 heavy (non-hydrogen) atoms. The van der Waals surface area contributed by atoms with Crippen LogP contribution in [0.3, 0.4) is 0 Å². The van der Waals surface area contributed by atoms with Gasteiger partial charge in [0.2, 0.25) is 0 Å². The van der Waals surface area contributed by atoms with Crippen molar-refractivity contribution in [3.05, 3.63) is 23.2 Å². The van der Waals surface area contributed by atoms with Crippen LogP contribution in [0.25, 0.3) is 0 Å². The third-order valence-corrected chi connectivity index (χ3v) is 3.62. The van der Waals surface area contributed by atoms with Crippen molar-refractivity contribution in [2.24, 2.45) is 5.92 Å². The molecule has 0 spiro atoms. The highest BCUT2D eigenvalue weighted by Crippen LogP contribution is 2.17. The van der Waals surface area contributed by atoms with Crippen LogP contribution in [0.2, 0.25) is 5.15 Å². The average Bonchev–Trinajstić information content (AvgIpc) is 2.46. The molecule has 0 saturated carbocycles. The SMILES string of the molecule is CCCCCCC[C@@H](OC(=O)c1cnc(Cl)cn1)C(C)C. The molecule has 1 heterocycles. The topological polar surface area (TPSA) is 52.1 Å². The van der Waals surface area contributed by atoms with Crippen LogP contribution in [0, 0.1) is 5.92 Å². The number of nitrogens with zero attached hydrogens (tertiary/aromatic N) is 2. The molecule has 0 radical (unpaired) electrons. The fraction of sp³-hybridized carbons (Fsp3) is 0.688. The molecule has 1 aromatic heterocycles. The van der Waals surface area contributed by atoms with Crippen LogP contribution in [0.4, 0.5) is 0 Å². The first-order valence-electron chi connectivity index (χ1n) is 7.73. The molecule has 0 bridgehead atoms. The quantitative estimate of drug-likeness (QED) is 0.491. The second kappa shape index (κ2) is 9.72. The molecular formula is C16H25ClN2O2. The molecule has 1 atom stereocenters. The van der Waals surface area contributed by atoms with Gasteiger partial charge in [-0.15, -0.1) is 0 Å². The number of unbranched alkanes of at least 4 members (excludes halogenated alkanes) is 4. The van der Waals surface area contributed by atoms with E-state index >= 15 is 0 Å². The minimum Gasteiger partial charge on any atom is -0.457 e. The average molecular weight is 313 g/mol. The van der Waals surface area contributed by atoms with Gasteiger partial charge in [-0.25, -0.2) is 14.8 Å². The van der Waals surface area contributed by atoms with E-state index in [4.69, 9.17) is 16.3 Å². The Hall–Kier alpha value is -1.16. The molecule has 0 aliphatic heterocycles. The minimum atomic E-state index is -0.425. The van der Waals surface area contributed by atoms with Gasteiger partial charge in [0.25, 0.3) is 0 Å². The fourth-order valence-corrected chi connectivity index (χ4v) is 2.19. The third-order valence-electron chi connectivity index (χ3n) is 3.42. The highest BCUT2D eigenvalue weighted by atomic mass is 35.5. The Bertz CT molecular complexity index is 421. The minimum absolute atomic E-state index is 0.0726. The van der Waals surface area contributed by atoms with Crippen molar-refractivity contribution >= 4 is 17.6 Å². The number of halogens is 1. The van der Waals surface area contributed by atoms with Crippen molar-refractivity contribution in [1.82, 2.24) is 9.97 Å². The molecule has 0 N–H and O–H groups in total. The van der Waals surface area contributed by atoms with Gasteiger partial charge in [0.05, 0.1) is 12.4 Å². The highest BCUT2D eigenvalue weighted by molar-refractivity contribution is 6.29. The van der Waals surface area contributed by atoms with Gasteiger partial charge in [0.15, 0.2) is 5.69 Å². The summed E-state index contributed by atoms with van der Waals surface area (Å²) in [6.07, 6.45) is 9.56. The molecule has 0 fully saturated rings. The van der Waals surface area contributed by atoms with Gasteiger partial charge in [0, 0.05) is 0 Å². The summed E-state index contributed by atoms with van der Waals surface area (Å²) in [5.74, 6) is -0.133. The summed E-state index contributed by atoms with van der Waals surface area (Å²) in [7, 11) is 0. The van der Waals surface area contributed by atoms with E-state index < -0.39 is 5.97 Å². The molecule has 0 aromatic carbocycles. The van der Waals surface area contributed by atoms with E-state index in [-0.39, 0.29) is 17.0 Å². The number of carbonyl (C=O) groups excluding carboxylic acids is 1. The Labute approximate surface area is 132 Å². The molecule has 1 rings (SSSR count). The maximum atomic E-state index is 12.0. The van der Waals surface area contributed by atoms with Gasteiger partial charge < -0.3 is 4.74 Å². The van der Waals surface area contributed by atoms with Gasteiger partial charge in [-0.2, -0.15) is 0 Å². The van der Waals surface area contributed by atoms with Crippen LogP contribution in [-0.2, 0) is 4.74 Å². The van der Waals surface area contributed by atoms with E-state index in [0.717, 1.165) is 12.8 Å².